The van der Waals surface area contributed by atoms with Crippen molar-refractivity contribution in [2.45, 2.75) is 26.3 Å². The van der Waals surface area contributed by atoms with Crippen molar-refractivity contribution >= 4 is 5.97 Å². The van der Waals surface area contributed by atoms with E-state index in [0.717, 1.165) is 32.7 Å². The van der Waals surface area contributed by atoms with Gasteiger partial charge >= 0.3 is 5.97 Å². The third-order valence-electron chi connectivity index (χ3n) is 3.55. The van der Waals surface area contributed by atoms with Crippen LogP contribution in [0.15, 0.2) is 0 Å². The van der Waals surface area contributed by atoms with Crippen LogP contribution in [-0.2, 0) is 14.3 Å². The highest BCUT2D eigenvalue weighted by atomic mass is 16.5. The summed E-state index contributed by atoms with van der Waals surface area (Å²) in [6.45, 7) is 8.18. The molecule has 1 heterocycles. The average Bonchev–Trinajstić information content (AvgIpc) is 3.04. The summed E-state index contributed by atoms with van der Waals surface area (Å²) < 4.78 is 10.6. The third-order valence-corrected chi connectivity index (χ3v) is 3.55. The Balaban J connectivity index is 1.66. The zero-order valence-corrected chi connectivity index (χ0v) is 10.1. The molecule has 0 aromatic rings. The summed E-state index contributed by atoms with van der Waals surface area (Å²) in [7, 11) is 0. The highest BCUT2D eigenvalue weighted by molar-refractivity contribution is 5.75. The largest absolute Gasteiger partial charge is 0.464 e. The summed E-state index contributed by atoms with van der Waals surface area (Å²) in [5.41, 5.74) is 0. The maximum absolute atomic E-state index is 11.5. The van der Waals surface area contributed by atoms with E-state index < -0.39 is 0 Å². The maximum atomic E-state index is 11.5. The molecule has 2 aliphatic rings. The van der Waals surface area contributed by atoms with Crippen LogP contribution in [0.5, 0.6) is 0 Å². The van der Waals surface area contributed by atoms with Gasteiger partial charge in [0.25, 0.3) is 0 Å². The van der Waals surface area contributed by atoms with Gasteiger partial charge in [-0.2, -0.15) is 0 Å². The topological polar surface area (TPSA) is 38.8 Å². The summed E-state index contributed by atoms with van der Waals surface area (Å²) in [5, 5.41) is 0. The summed E-state index contributed by atoms with van der Waals surface area (Å²) >= 11 is 0. The molecule has 1 aliphatic carbocycles. The van der Waals surface area contributed by atoms with Crippen molar-refractivity contribution in [3.05, 3.63) is 0 Å². The first-order valence-electron chi connectivity index (χ1n) is 6.17. The van der Waals surface area contributed by atoms with Gasteiger partial charge in [-0.25, -0.2) is 0 Å². The molecule has 16 heavy (non-hydrogen) atoms. The van der Waals surface area contributed by atoms with Crippen LogP contribution in [0.3, 0.4) is 0 Å². The van der Waals surface area contributed by atoms with Crippen LogP contribution in [-0.4, -0.2) is 49.8 Å². The summed E-state index contributed by atoms with van der Waals surface area (Å²) in [4.78, 5) is 13.9. The normalized spacial score (nSPS) is 32.1. The van der Waals surface area contributed by atoms with Crippen LogP contribution < -0.4 is 0 Å². The zero-order valence-electron chi connectivity index (χ0n) is 10.1. The predicted octanol–water partition coefficient (Wildman–Crippen LogP) is 0.906. The average molecular weight is 227 g/mol. The zero-order chi connectivity index (χ0) is 11.5. The molecule has 2 fully saturated rings. The Kier molecular flexibility index (Phi) is 3.82. The van der Waals surface area contributed by atoms with Gasteiger partial charge in [0.05, 0.1) is 19.1 Å². The lowest BCUT2D eigenvalue weighted by molar-refractivity contribution is -0.147. The summed E-state index contributed by atoms with van der Waals surface area (Å²) in [6.07, 6.45) is 1.00. The van der Waals surface area contributed by atoms with Crippen LogP contribution in [0.2, 0.25) is 0 Å². The minimum atomic E-state index is -0.00684. The smallest absolute Gasteiger partial charge is 0.309 e. The number of morpholine rings is 1. The number of ether oxygens (including phenoxy) is 2. The van der Waals surface area contributed by atoms with Crippen molar-refractivity contribution < 1.29 is 14.3 Å². The molecule has 4 nitrogen and oxygen atoms in total. The molecule has 1 aliphatic heterocycles. The van der Waals surface area contributed by atoms with E-state index in [1.54, 1.807) is 0 Å². The van der Waals surface area contributed by atoms with Crippen molar-refractivity contribution in [3.8, 4) is 0 Å². The van der Waals surface area contributed by atoms with E-state index in [1.165, 1.54) is 0 Å². The molecule has 2 rings (SSSR count). The lowest BCUT2D eigenvalue weighted by Crippen LogP contribution is -2.44. The van der Waals surface area contributed by atoms with Crippen LogP contribution in [0.1, 0.15) is 20.3 Å². The van der Waals surface area contributed by atoms with E-state index in [2.05, 4.69) is 18.7 Å². The predicted molar refractivity (Wildman–Crippen MR) is 60.1 cm³/mol. The monoisotopic (exact) mass is 227 g/mol. The summed E-state index contributed by atoms with van der Waals surface area (Å²) in [6, 6.07) is 0.307. The molecule has 1 saturated heterocycles. The fourth-order valence-corrected chi connectivity index (χ4v) is 2.08. The molecule has 92 valence electrons. The molecule has 1 saturated carbocycles. The SMILES string of the molecule is C[C@H]1C[C@H]1C(=O)OC[C@H](C)N1CCOCC1. The molecule has 0 unspecified atom stereocenters. The number of rotatable bonds is 4. The van der Waals surface area contributed by atoms with E-state index in [1.807, 2.05) is 0 Å². The van der Waals surface area contributed by atoms with Gasteiger partial charge in [-0.15, -0.1) is 0 Å². The van der Waals surface area contributed by atoms with Crippen molar-refractivity contribution in [2.24, 2.45) is 11.8 Å². The Hall–Kier alpha value is -0.610. The summed E-state index contributed by atoms with van der Waals surface area (Å²) in [5.74, 6) is 0.704. The van der Waals surface area contributed by atoms with Gasteiger partial charge in [0.2, 0.25) is 0 Å². The van der Waals surface area contributed by atoms with E-state index in [0.29, 0.717) is 18.6 Å². The Morgan fingerprint density at radius 3 is 2.69 bits per heavy atom. The molecule has 0 aromatic carbocycles. The van der Waals surface area contributed by atoms with Gasteiger partial charge in [0.1, 0.15) is 6.61 Å². The number of hydrogen-bond donors (Lipinski definition) is 0. The molecule has 3 atom stereocenters. The first kappa shape index (κ1) is 11.9. The molecule has 0 bridgehead atoms. The lowest BCUT2D eigenvalue weighted by Gasteiger charge is -2.31. The second-order valence-corrected chi connectivity index (χ2v) is 4.95. The van der Waals surface area contributed by atoms with Crippen molar-refractivity contribution in [3.63, 3.8) is 0 Å². The van der Waals surface area contributed by atoms with Crippen molar-refractivity contribution in [1.29, 1.82) is 0 Å². The highest BCUT2D eigenvalue weighted by Crippen LogP contribution is 2.38. The van der Waals surface area contributed by atoms with E-state index in [4.69, 9.17) is 9.47 Å². The molecular formula is C12H21NO3. The fraction of sp³-hybridized carbons (Fsp3) is 0.917. The van der Waals surface area contributed by atoms with Gasteiger partial charge in [0.15, 0.2) is 0 Å². The quantitative estimate of drug-likeness (QED) is 0.669. The Morgan fingerprint density at radius 2 is 2.12 bits per heavy atom. The number of esters is 1. The minimum Gasteiger partial charge on any atom is -0.464 e. The van der Waals surface area contributed by atoms with Crippen LogP contribution in [0, 0.1) is 11.8 Å². The lowest BCUT2D eigenvalue weighted by atomic mass is 10.2. The van der Waals surface area contributed by atoms with Crippen LogP contribution >= 0.6 is 0 Å². The van der Waals surface area contributed by atoms with Crippen molar-refractivity contribution in [1.82, 2.24) is 4.90 Å². The first-order valence-corrected chi connectivity index (χ1v) is 6.17. The van der Waals surface area contributed by atoms with Crippen LogP contribution in [0.4, 0.5) is 0 Å². The Morgan fingerprint density at radius 1 is 1.50 bits per heavy atom. The minimum absolute atomic E-state index is 0.00684. The molecular weight excluding hydrogens is 206 g/mol. The van der Waals surface area contributed by atoms with Gasteiger partial charge in [-0.3, -0.25) is 9.69 Å². The van der Waals surface area contributed by atoms with Gasteiger partial charge in [-0.1, -0.05) is 6.92 Å². The number of carbonyl (C=O) groups excluding carboxylic acids is 1. The first-order chi connectivity index (χ1) is 7.68. The standard InChI is InChI=1S/C12H21NO3/c1-9-7-11(9)12(14)16-8-10(2)13-3-5-15-6-4-13/h9-11H,3-8H2,1-2H3/t9-,10-,11+/m0/s1. The number of carbonyl (C=O) groups is 1. The van der Waals surface area contributed by atoms with E-state index >= 15 is 0 Å². The highest BCUT2D eigenvalue weighted by Gasteiger charge is 2.40. The molecule has 0 aromatic heterocycles. The molecule has 0 spiro atoms. The number of nitrogens with zero attached hydrogens (tertiary/aromatic N) is 1. The van der Waals surface area contributed by atoms with E-state index in [-0.39, 0.29) is 11.9 Å². The Bertz CT molecular complexity index is 251. The second kappa shape index (κ2) is 5.15. The Labute approximate surface area is 96.9 Å². The van der Waals surface area contributed by atoms with Gasteiger partial charge in [0, 0.05) is 19.1 Å². The molecule has 0 N–H and O–H groups in total. The van der Waals surface area contributed by atoms with E-state index in [9.17, 15) is 4.79 Å². The van der Waals surface area contributed by atoms with Gasteiger partial charge < -0.3 is 9.47 Å². The third kappa shape index (κ3) is 2.95. The second-order valence-electron chi connectivity index (χ2n) is 4.95. The fourth-order valence-electron chi connectivity index (χ4n) is 2.08. The van der Waals surface area contributed by atoms with Gasteiger partial charge in [-0.05, 0) is 19.3 Å². The number of hydrogen-bond acceptors (Lipinski definition) is 4. The molecule has 0 radical (unpaired) electrons. The maximum Gasteiger partial charge on any atom is 0.309 e. The molecule has 4 heteroatoms. The van der Waals surface area contributed by atoms with Crippen molar-refractivity contribution in [2.75, 3.05) is 32.9 Å². The molecule has 0 amide bonds. The van der Waals surface area contributed by atoms with Crippen LogP contribution in [0.25, 0.3) is 0 Å².